The quantitative estimate of drug-likeness (QED) is 0.775. The van der Waals surface area contributed by atoms with E-state index in [1.54, 1.807) is 0 Å². The fourth-order valence-corrected chi connectivity index (χ4v) is 5.67. The van der Waals surface area contributed by atoms with Gasteiger partial charge in [-0.3, -0.25) is 9.69 Å². The second kappa shape index (κ2) is 9.86. The zero-order valence-electron chi connectivity index (χ0n) is 17.4. The van der Waals surface area contributed by atoms with E-state index in [9.17, 15) is 4.79 Å². The smallest absolute Gasteiger partial charge is 0.225 e. The summed E-state index contributed by atoms with van der Waals surface area (Å²) < 4.78 is 2.07. The molecule has 2 bridgehead atoms. The lowest BCUT2D eigenvalue weighted by atomic mass is 9.65. The molecule has 3 aliphatic rings. The number of pyridine rings is 1. The third-order valence-electron chi connectivity index (χ3n) is 7.25. The third kappa shape index (κ3) is 4.62. The first-order valence-corrected chi connectivity index (χ1v) is 10.9. The third-order valence-corrected chi connectivity index (χ3v) is 7.25. The maximum atomic E-state index is 13.1. The minimum absolute atomic E-state index is 0. The second-order valence-corrected chi connectivity index (χ2v) is 9.00. The maximum Gasteiger partial charge on any atom is 0.225 e. The molecule has 0 spiro atoms. The van der Waals surface area contributed by atoms with Gasteiger partial charge in [-0.2, -0.15) is 0 Å². The van der Waals surface area contributed by atoms with Crippen molar-refractivity contribution in [2.24, 2.45) is 23.5 Å². The van der Waals surface area contributed by atoms with Crippen LogP contribution in [0.25, 0.3) is 5.65 Å². The molecule has 6 nitrogen and oxygen atoms in total. The Morgan fingerprint density at radius 1 is 1.07 bits per heavy atom. The van der Waals surface area contributed by atoms with Gasteiger partial charge in [-0.25, -0.2) is 4.98 Å². The average molecular weight is 454 g/mol. The SMILES string of the molecule is Cl.Cl.NC1C2CCCC1CC(C(=O)N1CCN(Cc3cn4ccccc4n3)CC1)C2. The molecule has 30 heavy (non-hydrogen) atoms. The number of fused-ring (bicyclic) bond motifs is 3. The molecule has 0 aromatic carbocycles. The largest absolute Gasteiger partial charge is 0.340 e. The van der Waals surface area contributed by atoms with E-state index in [4.69, 9.17) is 10.7 Å². The number of nitrogens with two attached hydrogens (primary N) is 1. The molecule has 2 atom stereocenters. The number of halogens is 2. The Labute approximate surface area is 191 Å². The summed E-state index contributed by atoms with van der Waals surface area (Å²) in [6.07, 6.45) is 9.90. The molecule has 1 amide bonds. The van der Waals surface area contributed by atoms with E-state index in [0.29, 0.717) is 23.8 Å². The van der Waals surface area contributed by atoms with Crippen LogP contribution in [0.3, 0.4) is 0 Å². The number of hydrogen-bond acceptors (Lipinski definition) is 4. The van der Waals surface area contributed by atoms with Crippen LogP contribution in [0.15, 0.2) is 30.6 Å². The number of nitrogens with zero attached hydrogens (tertiary/aromatic N) is 4. The Bertz CT molecular complexity index is 804. The highest BCUT2D eigenvalue weighted by molar-refractivity contribution is 5.85. The summed E-state index contributed by atoms with van der Waals surface area (Å²) in [5, 5.41) is 0. The minimum Gasteiger partial charge on any atom is -0.340 e. The highest BCUT2D eigenvalue weighted by Gasteiger charge is 2.41. The van der Waals surface area contributed by atoms with E-state index in [1.165, 1.54) is 19.3 Å². The van der Waals surface area contributed by atoms with Crippen molar-refractivity contribution < 1.29 is 4.79 Å². The fraction of sp³-hybridized carbons (Fsp3) is 0.636. The first-order chi connectivity index (χ1) is 13.7. The van der Waals surface area contributed by atoms with E-state index in [2.05, 4.69) is 20.4 Å². The molecule has 166 valence electrons. The van der Waals surface area contributed by atoms with Crippen LogP contribution < -0.4 is 5.73 Å². The van der Waals surface area contributed by atoms with Gasteiger partial charge in [0.1, 0.15) is 5.65 Å². The molecule has 2 aliphatic carbocycles. The number of amides is 1. The van der Waals surface area contributed by atoms with Crippen molar-refractivity contribution in [3.8, 4) is 0 Å². The molecule has 2 unspecified atom stereocenters. The van der Waals surface area contributed by atoms with Crippen molar-refractivity contribution in [2.75, 3.05) is 26.2 Å². The van der Waals surface area contributed by atoms with Crippen molar-refractivity contribution in [1.29, 1.82) is 0 Å². The Hall–Kier alpha value is -1.34. The lowest BCUT2D eigenvalue weighted by Gasteiger charge is -2.45. The maximum absolute atomic E-state index is 13.1. The van der Waals surface area contributed by atoms with E-state index in [1.807, 2.05) is 24.4 Å². The number of rotatable bonds is 3. The standard InChI is InChI=1S/C22H31N5O.2ClH/c23-21-16-4-3-5-17(21)13-18(12-16)22(28)26-10-8-25(9-11-26)14-19-15-27-7-2-1-6-20(27)24-19;;/h1-2,6-7,15-18,21H,3-5,8-14,23H2;2*1H. The Kier molecular flexibility index (Phi) is 7.66. The molecular formula is C22H33Cl2N5O. The fourth-order valence-electron chi connectivity index (χ4n) is 5.67. The predicted molar refractivity (Wildman–Crippen MR) is 123 cm³/mol. The molecule has 2 aromatic rings. The van der Waals surface area contributed by atoms with Crippen LogP contribution >= 0.6 is 24.8 Å². The van der Waals surface area contributed by atoms with Crippen LogP contribution in [0.4, 0.5) is 0 Å². The monoisotopic (exact) mass is 453 g/mol. The topological polar surface area (TPSA) is 66.9 Å². The molecule has 1 aliphatic heterocycles. The van der Waals surface area contributed by atoms with E-state index in [0.717, 1.165) is 56.9 Å². The Balaban J connectivity index is 0.00000128. The van der Waals surface area contributed by atoms with Crippen LogP contribution in [0.5, 0.6) is 0 Å². The number of hydrogen-bond donors (Lipinski definition) is 1. The highest BCUT2D eigenvalue weighted by Crippen LogP contribution is 2.42. The van der Waals surface area contributed by atoms with Gasteiger partial charge in [0.2, 0.25) is 5.91 Å². The first kappa shape index (κ1) is 23.3. The zero-order chi connectivity index (χ0) is 19.1. The first-order valence-electron chi connectivity index (χ1n) is 10.9. The molecule has 3 fully saturated rings. The summed E-state index contributed by atoms with van der Waals surface area (Å²) in [6, 6.07) is 6.41. The summed E-state index contributed by atoms with van der Waals surface area (Å²) >= 11 is 0. The number of piperazine rings is 1. The van der Waals surface area contributed by atoms with Crippen LogP contribution in [-0.2, 0) is 11.3 Å². The van der Waals surface area contributed by atoms with Gasteiger partial charge >= 0.3 is 0 Å². The Morgan fingerprint density at radius 2 is 1.77 bits per heavy atom. The Morgan fingerprint density at radius 3 is 2.43 bits per heavy atom. The normalized spacial score (nSPS) is 29.2. The molecule has 0 radical (unpaired) electrons. The van der Waals surface area contributed by atoms with Crippen molar-refractivity contribution in [3.05, 3.63) is 36.3 Å². The van der Waals surface area contributed by atoms with Crippen LogP contribution in [0.2, 0.25) is 0 Å². The molecule has 8 heteroatoms. The molecule has 2 saturated carbocycles. The van der Waals surface area contributed by atoms with Crippen molar-refractivity contribution in [1.82, 2.24) is 19.2 Å². The van der Waals surface area contributed by atoms with Gasteiger partial charge in [-0.15, -0.1) is 24.8 Å². The number of carbonyl (C=O) groups is 1. The van der Waals surface area contributed by atoms with Gasteiger partial charge in [-0.05, 0) is 49.7 Å². The lowest BCUT2D eigenvalue weighted by Crippen LogP contribution is -2.53. The number of carbonyl (C=O) groups excluding carboxylic acids is 1. The summed E-state index contributed by atoms with van der Waals surface area (Å²) in [4.78, 5) is 22.3. The van der Waals surface area contributed by atoms with Crippen LogP contribution in [0.1, 0.15) is 37.8 Å². The van der Waals surface area contributed by atoms with Gasteiger partial charge in [0.15, 0.2) is 0 Å². The van der Waals surface area contributed by atoms with Crippen molar-refractivity contribution in [2.45, 2.75) is 44.7 Å². The zero-order valence-corrected chi connectivity index (χ0v) is 19.0. The number of imidazole rings is 1. The van der Waals surface area contributed by atoms with E-state index < -0.39 is 0 Å². The minimum atomic E-state index is 0. The lowest BCUT2D eigenvalue weighted by molar-refractivity contribution is -0.140. The molecular weight excluding hydrogens is 421 g/mol. The molecule has 1 saturated heterocycles. The van der Waals surface area contributed by atoms with Gasteiger partial charge in [-0.1, -0.05) is 12.5 Å². The van der Waals surface area contributed by atoms with E-state index in [-0.39, 0.29) is 30.7 Å². The van der Waals surface area contributed by atoms with Crippen molar-refractivity contribution in [3.63, 3.8) is 0 Å². The molecule has 2 aromatic heterocycles. The molecule has 2 N–H and O–H groups in total. The van der Waals surface area contributed by atoms with Crippen LogP contribution in [0, 0.1) is 17.8 Å². The summed E-state index contributed by atoms with van der Waals surface area (Å²) in [7, 11) is 0. The number of aromatic nitrogens is 2. The summed E-state index contributed by atoms with van der Waals surface area (Å²) in [5.74, 6) is 1.73. The highest BCUT2D eigenvalue weighted by atomic mass is 35.5. The van der Waals surface area contributed by atoms with Gasteiger partial charge in [0, 0.05) is 57.1 Å². The average Bonchev–Trinajstić information content (AvgIpc) is 3.10. The predicted octanol–water partition coefficient (Wildman–Crippen LogP) is 2.98. The van der Waals surface area contributed by atoms with Gasteiger partial charge in [0.25, 0.3) is 0 Å². The van der Waals surface area contributed by atoms with Gasteiger partial charge in [0.05, 0.1) is 5.69 Å². The summed E-state index contributed by atoms with van der Waals surface area (Å²) in [6.45, 7) is 4.39. The van der Waals surface area contributed by atoms with Crippen LogP contribution in [-0.4, -0.2) is 57.3 Å². The van der Waals surface area contributed by atoms with Crippen molar-refractivity contribution >= 4 is 36.4 Å². The second-order valence-electron chi connectivity index (χ2n) is 9.00. The van der Waals surface area contributed by atoms with Gasteiger partial charge < -0.3 is 15.0 Å². The molecule has 3 heterocycles. The summed E-state index contributed by atoms with van der Waals surface area (Å²) in [5.41, 5.74) is 8.50. The van der Waals surface area contributed by atoms with E-state index >= 15 is 0 Å². The molecule has 5 rings (SSSR count).